The summed E-state index contributed by atoms with van der Waals surface area (Å²) in [6.07, 6.45) is 5.44. The lowest BCUT2D eigenvalue weighted by atomic mass is 9.82. The zero-order valence-corrected chi connectivity index (χ0v) is 19.7. The van der Waals surface area contributed by atoms with E-state index in [1.165, 1.54) is 12.8 Å². The Morgan fingerprint density at radius 1 is 0.560 bits per heavy atom. The smallest absolute Gasteiger partial charge is 0.0586 e. The summed E-state index contributed by atoms with van der Waals surface area (Å²) in [5.74, 6) is 2.87. The first-order valence-corrected chi connectivity index (χ1v) is 10.8. The maximum atomic E-state index is 6.84. The Bertz CT molecular complexity index is 308. The summed E-state index contributed by atoms with van der Waals surface area (Å²) in [6, 6.07) is 0. The Morgan fingerprint density at radius 3 is 1.04 bits per heavy atom. The molecular weight excluding hydrogens is 304 g/mol. The largest absolute Gasteiger partial charge is 0.375 e. The minimum atomic E-state index is 0.317. The zero-order valence-electron chi connectivity index (χ0n) is 19.7. The van der Waals surface area contributed by atoms with Crippen LogP contribution in [0.4, 0.5) is 0 Å². The first-order chi connectivity index (χ1) is 11.1. The minimum absolute atomic E-state index is 0.317. The van der Waals surface area contributed by atoms with Crippen molar-refractivity contribution in [1.29, 1.82) is 0 Å². The lowest BCUT2D eigenvalue weighted by Crippen LogP contribution is -2.32. The van der Waals surface area contributed by atoms with Gasteiger partial charge < -0.3 is 4.74 Å². The Morgan fingerprint density at radius 2 is 0.840 bits per heavy atom. The fourth-order valence-electron chi connectivity index (χ4n) is 3.39. The molecule has 0 heterocycles. The van der Waals surface area contributed by atoms with E-state index in [9.17, 15) is 0 Å². The third-order valence-corrected chi connectivity index (χ3v) is 5.61. The van der Waals surface area contributed by atoms with Crippen molar-refractivity contribution in [3.05, 3.63) is 0 Å². The van der Waals surface area contributed by atoms with Gasteiger partial charge >= 0.3 is 0 Å². The van der Waals surface area contributed by atoms with Gasteiger partial charge in [0.1, 0.15) is 0 Å². The Balaban J connectivity index is 5.19. The van der Waals surface area contributed by atoms with Gasteiger partial charge in [-0.05, 0) is 60.2 Å². The molecule has 0 bridgehead atoms. The van der Waals surface area contributed by atoms with E-state index in [1.54, 1.807) is 0 Å². The highest BCUT2D eigenvalue weighted by molar-refractivity contribution is 4.78. The van der Waals surface area contributed by atoms with Crippen molar-refractivity contribution in [3.63, 3.8) is 0 Å². The summed E-state index contributed by atoms with van der Waals surface area (Å²) in [4.78, 5) is 0. The highest BCUT2D eigenvalue weighted by Crippen LogP contribution is 2.33. The van der Waals surface area contributed by atoms with Crippen LogP contribution < -0.4 is 0 Å². The van der Waals surface area contributed by atoms with Gasteiger partial charge in [0.2, 0.25) is 0 Å². The quantitative estimate of drug-likeness (QED) is 0.386. The van der Waals surface area contributed by atoms with Crippen molar-refractivity contribution < 1.29 is 4.74 Å². The average Bonchev–Trinajstić information content (AvgIpc) is 2.33. The van der Waals surface area contributed by atoms with Crippen LogP contribution in [0.3, 0.4) is 0 Å². The molecule has 0 spiro atoms. The number of hydrogen-bond acceptors (Lipinski definition) is 1. The van der Waals surface area contributed by atoms with E-state index in [2.05, 4.69) is 83.1 Å². The van der Waals surface area contributed by atoms with Gasteiger partial charge in [-0.25, -0.2) is 0 Å². The molecule has 1 heteroatoms. The predicted octanol–water partition coefficient (Wildman–Crippen LogP) is 7.98. The van der Waals surface area contributed by atoms with Gasteiger partial charge in [0.05, 0.1) is 12.2 Å². The normalized spacial score (nSPS) is 18.5. The second-order valence-electron chi connectivity index (χ2n) is 11.8. The van der Waals surface area contributed by atoms with Crippen LogP contribution >= 0.6 is 0 Å². The van der Waals surface area contributed by atoms with Crippen molar-refractivity contribution in [3.8, 4) is 0 Å². The lowest BCUT2D eigenvalue weighted by molar-refractivity contribution is -0.0683. The SMILES string of the molecule is CC(C)C(C)CC(CC(C)(C)C)OC(CC(C)C(C)C)CC(C)(C)C. The molecule has 0 aromatic carbocycles. The maximum absolute atomic E-state index is 6.84. The molecule has 0 aromatic rings. The molecule has 4 atom stereocenters. The summed E-state index contributed by atoms with van der Waals surface area (Å²) >= 11 is 0. The van der Waals surface area contributed by atoms with Gasteiger partial charge in [0, 0.05) is 0 Å². The highest BCUT2D eigenvalue weighted by Gasteiger charge is 2.28. The second-order valence-corrected chi connectivity index (χ2v) is 11.8. The van der Waals surface area contributed by atoms with E-state index >= 15 is 0 Å². The Kier molecular flexibility index (Phi) is 10.3. The molecule has 4 unspecified atom stereocenters. The zero-order chi connectivity index (χ0) is 20.0. The van der Waals surface area contributed by atoms with E-state index < -0.39 is 0 Å². The van der Waals surface area contributed by atoms with Gasteiger partial charge in [0.25, 0.3) is 0 Å². The van der Waals surface area contributed by atoms with E-state index in [1.807, 2.05) is 0 Å². The number of hydrogen-bond donors (Lipinski definition) is 0. The van der Waals surface area contributed by atoms with Gasteiger partial charge in [-0.15, -0.1) is 0 Å². The summed E-state index contributed by atoms with van der Waals surface area (Å²) in [6.45, 7) is 28.2. The topological polar surface area (TPSA) is 9.23 Å². The number of ether oxygens (including phenoxy) is 1. The van der Waals surface area contributed by atoms with Crippen LogP contribution in [-0.4, -0.2) is 12.2 Å². The maximum Gasteiger partial charge on any atom is 0.0586 e. The van der Waals surface area contributed by atoms with Crippen LogP contribution in [0, 0.1) is 34.5 Å². The molecule has 0 aliphatic heterocycles. The molecular formula is C24H50O. The highest BCUT2D eigenvalue weighted by atomic mass is 16.5. The van der Waals surface area contributed by atoms with Crippen molar-refractivity contribution in [2.45, 2.75) is 121 Å². The minimum Gasteiger partial charge on any atom is -0.375 e. The lowest BCUT2D eigenvalue weighted by Gasteiger charge is -2.36. The second kappa shape index (κ2) is 10.3. The van der Waals surface area contributed by atoms with Gasteiger partial charge in [-0.2, -0.15) is 0 Å². The van der Waals surface area contributed by atoms with Crippen LogP contribution in [0.1, 0.15) is 109 Å². The average molecular weight is 355 g/mol. The molecule has 0 amide bonds. The van der Waals surface area contributed by atoms with Crippen molar-refractivity contribution >= 4 is 0 Å². The third-order valence-electron chi connectivity index (χ3n) is 5.61. The standard InChI is InChI=1S/C24H50O/c1-17(2)19(5)13-21(15-23(7,8)9)25-22(16-24(10,11)12)14-20(6)18(3)4/h17-22H,13-16H2,1-12H3. The molecule has 0 N–H and O–H groups in total. The third kappa shape index (κ3) is 12.9. The van der Waals surface area contributed by atoms with Gasteiger partial charge in [0.15, 0.2) is 0 Å². The van der Waals surface area contributed by atoms with Crippen LogP contribution in [0.25, 0.3) is 0 Å². The molecule has 0 aromatic heterocycles. The van der Waals surface area contributed by atoms with Crippen LogP contribution in [0.5, 0.6) is 0 Å². The van der Waals surface area contributed by atoms with E-state index in [-0.39, 0.29) is 0 Å². The van der Waals surface area contributed by atoms with Crippen molar-refractivity contribution in [2.24, 2.45) is 34.5 Å². The van der Waals surface area contributed by atoms with E-state index in [4.69, 9.17) is 4.74 Å². The Hall–Kier alpha value is -0.0400. The van der Waals surface area contributed by atoms with Gasteiger partial charge in [-0.1, -0.05) is 83.1 Å². The summed E-state index contributed by atoms with van der Waals surface area (Å²) in [7, 11) is 0. The molecule has 25 heavy (non-hydrogen) atoms. The van der Waals surface area contributed by atoms with Crippen LogP contribution in [0.2, 0.25) is 0 Å². The first-order valence-electron chi connectivity index (χ1n) is 10.8. The summed E-state index contributed by atoms with van der Waals surface area (Å²) in [5, 5.41) is 0. The van der Waals surface area contributed by atoms with Crippen molar-refractivity contribution in [1.82, 2.24) is 0 Å². The van der Waals surface area contributed by atoms with Crippen LogP contribution in [-0.2, 0) is 4.74 Å². The predicted molar refractivity (Wildman–Crippen MR) is 114 cm³/mol. The molecule has 0 radical (unpaired) electrons. The molecule has 1 nitrogen and oxygen atoms in total. The molecule has 0 saturated carbocycles. The monoisotopic (exact) mass is 354 g/mol. The van der Waals surface area contributed by atoms with Crippen LogP contribution in [0.15, 0.2) is 0 Å². The van der Waals surface area contributed by atoms with E-state index in [0.29, 0.717) is 34.9 Å². The van der Waals surface area contributed by atoms with Gasteiger partial charge in [-0.3, -0.25) is 0 Å². The molecule has 0 rings (SSSR count). The summed E-state index contributed by atoms with van der Waals surface area (Å²) < 4.78 is 6.84. The van der Waals surface area contributed by atoms with Crippen molar-refractivity contribution in [2.75, 3.05) is 0 Å². The Labute approximate surface area is 160 Å². The fourth-order valence-corrected chi connectivity index (χ4v) is 3.39. The molecule has 0 aliphatic carbocycles. The fraction of sp³-hybridized carbons (Fsp3) is 1.00. The summed E-state index contributed by atoms with van der Waals surface area (Å²) in [5.41, 5.74) is 0.634. The molecule has 0 saturated heterocycles. The molecule has 0 aliphatic rings. The van der Waals surface area contributed by atoms with E-state index in [0.717, 1.165) is 24.7 Å². The molecule has 0 fully saturated rings. The molecule has 152 valence electrons. The number of rotatable bonds is 10. The first kappa shape index (κ1) is 25.0.